The highest BCUT2D eigenvalue weighted by atomic mass is 14.3. The van der Waals surface area contributed by atoms with Gasteiger partial charge in [-0.1, -0.05) is 76.8 Å². The molecule has 0 bridgehead atoms. The minimum Gasteiger partial charge on any atom is -0.0654 e. The largest absolute Gasteiger partial charge is 0.0654 e. The molecule has 0 aliphatic carbocycles. The first-order valence-electron chi connectivity index (χ1n) is 7.06. The van der Waals surface area contributed by atoms with Gasteiger partial charge >= 0.3 is 0 Å². The van der Waals surface area contributed by atoms with Crippen LogP contribution in [0.1, 0.15) is 64.5 Å². The van der Waals surface area contributed by atoms with Gasteiger partial charge < -0.3 is 0 Å². The molecule has 0 aliphatic rings. The molecule has 0 radical (unpaired) electrons. The molecule has 0 fully saturated rings. The number of hydrogen-bond acceptors (Lipinski definition) is 0. The standard InChI is InChI=1S/C17H28/c1-6-8-15(7-2)13-17(4,5)16-11-9-14(3)10-12-16/h9-12,15H,6-8,13H2,1-5H3. The Morgan fingerprint density at radius 1 is 1.06 bits per heavy atom. The van der Waals surface area contributed by atoms with Crippen LogP contribution in [0.4, 0.5) is 0 Å². The maximum Gasteiger partial charge on any atom is -0.0101 e. The van der Waals surface area contributed by atoms with E-state index in [1.807, 2.05) is 0 Å². The van der Waals surface area contributed by atoms with Crippen LogP contribution in [0.2, 0.25) is 0 Å². The number of benzene rings is 1. The van der Waals surface area contributed by atoms with E-state index in [1.165, 1.54) is 36.8 Å². The number of aryl methyl sites for hydroxylation is 1. The summed E-state index contributed by atoms with van der Waals surface area (Å²) in [5.74, 6) is 0.872. The van der Waals surface area contributed by atoms with Crippen LogP contribution in [0.3, 0.4) is 0 Å². The van der Waals surface area contributed by atoms with Gasteiger partial charge in [0, 0.05) is 0 Å². The van der Waals surface area contributed by atoms with Gasteiger partial charge in [-0.15, -0.1) is 0 Å². The average Bonchev–Trinajstić information content (AvgIpc) is 2.28. The molecule has 96 valence electrons. The summed E-state index contributed by atoms with van der Waals surface area (Å²) in [7, 11) is 0. The zero-order valence-electron chi connectivity index (χ0n) is 12.2. The summed E-state index contributed by atoms with van der Waals surface area (Å²) < 4.78 is 0. The van der Waals surface area contributed by atoms with E-state index in [2.05, 4.69) is 58.9 Å². The Morgan fingerprint density at radius 3 is 2.12 bits per heavy atom. The van der Waals surface area contributed by atoms with Gasteiger partial charge in [-0.25, -0.2) is 0 Å². The van der Waals surface area contributed by atoms with Gasteiger partial charge in [0.2, 0.25) is 0 Å². The highest BCUT2D eigenvalue weighted by molar-refractivity contribution is 5.27. The van der Waals surface area contributed by atoms with E-state index in [0.29, 0.717) is 5.41 Å². The van der Waals surface area contributed by atoms with Gasteiger partial charge in [0.05, 0.1) is 0 Å². The first kappa shape index (κ1) is 14.3. The first-order valence-corrected chi connectivity index (χ1v) is 7.06. The third-order valence-electron chi connectivity index (χ3n) is 3.91. The first-order chi connectivity index (χ1) is 7.99. The van der Waals surface area contributed by atoms with Crippen molar-refractivity contribution in [2.45, 2.75) is 65.7 Å². The molecule has 1 unspecified atom stereocenters. The lowest BCUT2D eigenvalue weighted by atomic mass is 9.75. The molecular formula is C17H28. The van der Waals surface area contributed by atoms with Crippen molar-refractivity contribution in [3.05, 3.63) is 35.4 Å². The zero-order chi connectivity index (χ0) is 12.9. The van der Waals surface area contributed by atoms with E-state index in [-0.39, 0.29) is 0 Å². The summed E-state index contributed by atoms with van der Waals surface area (Å²) in [5, 5.41) is 0. The Hall–Kier alpha value is -0.780. The summed E-state index contributed by atoms with van der Waals surface area (Å²) in [6.45, 7) is 11.5. The Bertz CT molecular complexity index is 318. The van der Waals surface area contributed by atoms with Crippen molar-refractivity contribution in [2.24, 2.45) is 5.92 Å². The van der Waals surface area contributed by atoms with Crippen molar-refractivity contribution >= 4 is 0 Å². The minimum atomic E-state index is 0.309. The second-order valence-corrected chi connectivity index (χ2v) is 6.02. The molecular weight excluding hydrogens is 204 g/mol. The second kappa shape index (κ2) is 6.23. The maximum atomic E-state index is 2.38. The summed E-state index contributed by atoms with van der Waals surface area (Å²) in [6, 6.07) is 9.07. The van der Waals surface area contributed by atoms with Crippen LogP contribution in [-0.2, 0) is 5.41 Å². The van der Waals surface area contributed by atoms with Crippen LogP contribution in [-0.4, -0.2) is 0 Å². The molecule has 17 heavy (non-hydrogen) atoms. The van der Waals surface area contributed by atoms with Crippen molar-refractivity contribution in [1.29, 1.82) is 0 Å². The molecule has 0 aliphatic heterocycles. The van der Waals surface area contributed by atoms with Crippen LogP contribution in [0.25, 0.3) is 0 Å². The van der Waals surface area contributed by atoms with Crippen LogP contribution in [0, 0.1) is 12.8 Å². The van der Waals surface area contributed by atoms with Crippen LogP contribution >= 0.6 is 0 Å². The highest BCUT2D eigenvalue weighted by Crippen LogP contribution is 2.33. The summed E-state index contributed by atoms with van der Waals surface area (Å²) in [5.41, 5.74) is 3.15. The van der Waals surface area contributed by atoms with E-state index < -0.39 is 0 Å². The quantitative estimate of drug-likeness (QED) is 0.608. The molecule has 0 amide bonds. The number of rotatable bonds is 6. The van der Waals surface area contributed by atoms with Crippen LogP contribution < -0.4 is 0 Å². The Balaban J connectivity index is 2.76. The van der Waals surface area contributed by atoms with E-state index in [0.717, 1.165) is 5.92 Å². The van der Waals surface area contributed by atoms with E-state index >= 15 is 0 Å². The SMILES string of the molecule is CCCC(CC)CC(C)(C)c1ccc(C)cc1. The average molecular weight is 232 g/mol. The lowest BCUT2D eigenvalue weighted by Gasteiger charge is -2.30. The molecule has 0 aromatic heterocycles. The highest BCUT2D eigenvalue weighted by Gasteiger charge is 2.23. The zero-order valence-corrected chi connectivity index (χ0v) is 12.2. The van der Waals surface area contributed by atoms with Crippen molar-refractivity contribution < 1.29 is 0 Å². The molecule has 1 aromatic rings. The smallest absolute Gasteiger partial charge is 0.0101 e. The predicted octanol–water partition coefficient (Wildman–Crippen LogP) is 5.49. The fraction of sp³-hybridized carbons (Fsp3) is 0.647. The molecule has 1 rings (SSSR count). The Morgan fingerprint density at radius 2 is 1.65 bits per heavy atom. The van der Waals surface area contributed by atoms with E-state index in [4.69, 9.17) is 0 Å². The molecule has 1 aromatic carbocycles. The summed E-state index contributed by atoms with van der Waals surface area (Å²) in [6.07, 6.45) is 5.29. The van der Waals surface area contributed by atoms with Gasteiger partial charge in [0.15, 0.2) is 0 Å². The fourth-order valence-corrected chi connectivity index (χ4v) is 2.70. The van der Waals surface area contributed by atoms with Crippen LogP contribution in [0.15, 0.2) is 24.3 Å². The van der Waals surface area contributed by atoms with Crippen molar-refractivity contribution in [1.82, 2.24) is 0 Å². The normalized spacial score (nSPS) is 13.7. The molecule has 0 saturated carbocycles. The third kappa shape index (κ3) is 4.18. The second-order valence-electron chi connectivity index (χ2n) is 6.02. The molecule has 0 N–H and O–H groups in total. The van der Waals surface area contributed by atoms with Gasteiger partial charge in [0.1, 0.15) is 0 Å². The molecule has 0 heteroatoms. The predicted molar refractivity (Wildman–Crippen MR) is 77.5 cm³/mol. The van der Waals surface area contributed by atoms with Gasteiger partial charge in [-0.3, -0.25) is 0 Å². The molecule has 0 spiro atoms. The topological polar surface area (TPSA) is 0 Å². The summed E-state index contributed by atoms with van der Waals surface area (Å²) in [4.78, 5) is 0. The van der Waals surface area contributed by atoms with Gasteiger partial charge in [0.25, 0.3) is 0 Å². The van der Waals surface area contributed by atoms with Crippen molar-refractivity contribution in [3.63, 3.8) is 0 Å². The van der Waals surface area contributed by atoms with E-state index in [1.54, 1.807) is 0 Å². The van der Waals surface area contributed by atoms with Crippen molar-refractivity contribution in [2.75, 3.05) is 0 Å². The van der Waals surface area contributed by atoms with Crippen molar-refractivity contribution in [3.8, 4) is 0 Å². The maximum absolute atomic E-state index is 2.38. The Labute approximate surface area is 107 Å². The molecule has 0 nitrogen and oxygen atoms in total. The van der Waals surface area contributed by atoms with Gasteiger partial charge in [-0.2, -0.15) is 0 Å². The van der Waals surface area contributed by atoms with Gasteiger partial charge in [-0.05, 0) is 30.2 Å². The summed E-state index contributed by atoms with van der Waals surface area (Å²) >= 11 is 0. The number of hydrogen-bond donors (Lipinski definition) is 0. The lowest BCUT2D eigenvalue weighted by molar-refractivity contribution is 0.332. The monoisotopic (exact) mass is 232 g/mol. The minimum absolute atomic E-state index is 0.309. The Kier molecular flexibility index (Phi) is 5.24. The molecule has 0 saturated heterocycles. The molecule has 0 heterocycles. The van der Waals surface area contributed by atoms with E-state index in [9.17, 15) is 0 Å². The third-order valence-corrected chi connectivity index (χ3v) is 3.91. The fourth-order valence-electron chi connectivity index (χ4n) is 2.70. The van der Waals surface area contributed by atoms with Crippen LogP contribution in [0.5, 0.6) is 0 Å². The lowest BCUT2D eigenvalue weighted by Crippen LogP contribution is -2.21. The molecule has 1 atom stereocenters.